The summed E-state index contributed by atoms with van der Waals surface area (Å²) >= 11 is 0. The number of carbonyl (C=O) groups is 1. The predicted molar refractivity (Wildman–Crippen MR) is 101 cm³/mol. The quantitative estimate of drug-likeness (QED) is 0.525. The number of aliphatic hydroxyl groups excluding tert-OH is 2. The average molecular weight is 372 g/mol. The first kappa shape index (κ1) is 20.5. The zero-order valence-electron chi connectivity index (χ0n) is 14.9. The number of carboxylic acids is 1. The third kappa shape index (κ3) is 7.13. The average Bonchev–Trinajstić information content (AvgIpc) is 2.69. The van der Waals surface area contributed by atoms with Gasteiger partial charge in [-0.05, 0) is 42.7 Å². The molecule has 27 heavy (non-hydrogen) atoms. The first-order valence-corrected chi connectivity index (χ1v) is 8.73. The summed E-state index contributed by atoms with van der Waals surface area (Å²) in [5, 5.41) is 28.3. The summed E-state index contributed by atoms with van der Waals surface area (Å²) in [5.41, 5.74) is 0.662. The van der Waals surface area contributed by atoms with Crippen molar-refractivity contribution >= 4 is 5.97 Å². The summed E-state index contributed by atoms with van der Waals surface area (Å²) in [6.45, 7) is 0.138. The standard InChI is InChI=1S/C21H24O6/c22-14-15-26-17-12-10-16(11-13-17)21(25)19(8-4-5-9-20(23)24)27-18-6-2-1-3-7-18/h1-3,5-7,9-13,19,21-22,25H,4,8,14-15H2,(H,23,24)/b9-5+/t19-,21-/m1/s1. The molecular weight excluding hydrogens is 348 g/mol. The predicted octanol–water partition coefficient (Wildman–Crippen LogP) is 2.96. The highest BCUT2D eigenvalue weighted by molar-refractivity contribution is 5.79. The molecule has 2 atom stereocenters. The summed E-state index contributed by atoms with van der Waals surface area (Å²) in [6.07, 6.45) is 2.09. The Bertz CT molecular complexity index is 711. The van der Waals surface area contributed by atoms with E-state index in [0.29, 0.717) is 29.9 Å². The van der Waals surface area contributed by atoms with Crippen molar-refractivity contribution in [1.82, 2.24) is 0 Å². The molecule has 0 unspecified atom stereocenters. The molecule has 0 aliphatic rings. The van der Waals surface area contributed by atoms with E-state index in [-0.39, 0.29) is 13.2 Å². The molecule has 2 aromatic carbocycles. The van der Waals surface area contributed by atoms with Crippen LogP contribution in [0.4, 0.5) is 0 Å². The van der Waals surface area contributed by atoms with Crippen LogP contribution in [0.3, 0.4) is 0 Å². The molecule has 0 fully saturated rings. The number of benzene rings is 2. The van der Waals surface area contributed by atoms with Crippen LogP contribution in [-0.2, 0) is 4.79 Å². The maximum atomic E-state index is 10.8. The van der Waals surface area contributed by atoms with Crippen LogP contribution < -0.4 is 9.47 Å². The Morgan fingerprint density at radius 3 is 2.37 bits per heavy atom. The van der Waals surface area contributed by atoms with Crippen LogP contribution in [-0.4, -0.2) is 40.6 Å². The van der Waals surface area contributed by atoms with Crippen LogP contribution in [0.2, 0.25) is 0 Å². The highest BCUT2D eigenvalue weighted by Crippen LogP contribution is 2.26. The Balaban J connectivity index is 2.08. The monoisotopic (exact) mass is 372 g/mol. The summed E-state index contributed by atoms with van der Waals surface area (Å²) in [6, 6.07) is 16.1. The summed E-state index contributed by atoms with van der Waals surface area (Å²) in [5.74, 6) is 0.228. The number of ether oxygens (including phenoxy) is 2. The van der Waals surface area contributed by atoms with Crippen LogP contribution in [0, 0.1) is 0 Å². The van der Waals surface area contributed by atoms with Gasteiger partial charge in [-0.2, -0.15) is 0 Å². The van der Waals surface area contributed by atoms with Crippen LogP contribution >= 0.6 is 0 Å². The highest BCUT2D eigenvalue weighted by Gasteiger charge is 2.22. The minimum Gasteiger partial charge on any atom is -0.491 e. The van der Waals surface area contributed by atoms with Crippen LogP contribution in [0.5, 0.6) is 11.5 Å². The van der Waals surface area contributed by atoms with Gasteiger partial charge in [-0.15, -0.1) is 0 Å². The topological polar surface area (TPSA) is 96.2 Å². The van der Waals surface area contributed by atoms with Gasteiger partial charge >= 0.3 is 5.97 Å². The van der Waals surface area contributed by atoms with Crippen molar-refractivity contribution in [2.24, 2.45) is 0 Å². The fourth-order valence-corrected chi connectivity index (χ4v) is 2.54. The summed E-state index contributed by atoms with van der Waals surface area (Å²) < 4.78 is 11.3. The van der Waals surface area contributed by atoms with Crippen molar-refractivity contribution in [1.29, 1.82) is 0 Å². The van der Waals surface area contributed by atoms with E-state index >= 15 is 0 Å². The molecule has 3 N–H and O–H groups in total. The largest absolute Gasteiger partial charge is 0.491 e. The fourth-order valence-electron chi connectivity index (χ4n) is 2.54. The number of hydrogen-bond acceptors (Lipinski definition) is 5. The Hall–Kier alpha value is -2.83. The van der Waals surface area contributed by atoms with E-state index in [0.717, 1.165) is 6.08 Å². The minimum atomic E-state index is -1.01. The van der Waals surface area contributed by atoms with Crippen molar-refractivity contribution in [3.63, 3.8) is 0 Å². The maximum absolute atomic E-state index is 10.8. The smallest absolute Gasteiger partial charge is 0.327 e. The van der Waals surface area contributed by atoms with Gasteiger partial charge in [-0.3, -0.25) is 0 Å². The van der Waals surface area contributed by atoms with E-state index in [1.54, 1.807) is 42.5 Å². The number of carboxylic acid groups (broad SMARTS) is 1. The van der Waals surface area contributed by atoms with Crippen molar-refractivity contribution in [3.05, 3.63) is 72.3 Å². The molecule has 0 aliphatic heterocycles. The third-order valence-electron chi connectivity index (χ3n) is 3.84. The Morgan fingerprint density at radius 1 is 1.04 bits per heavy atom. The molecule has 0 aromatic heterocycles. The third-order valence-corrected chi connectivity index (χ3v) is 3.84. The van der Waals surface area contributed by atoms with Gasteiger partial charge in [0.1, 0.15) is 30.3 Å². The van der Waals surface area contributed by atoms with Gasteiger partial charge in [0.05, 0.1) is 6.61 Å². The Kier molecular flexibility index (Phi) is 8.35. The molecule has 2 rings (SSSR count). The molecule has 144 valence electrons. The summed E-state index contributed by atoms with van der Waals surface area (Å²) in [7, 11) is 0. The van der Waals surface area contributed by atoms with Crippen LogP contribution in [0.1, 0.15) is 24.5 Å². The lowest BCUT2D eigenvalue weighted by atomic mass is 10.00. The van der Waals surface area contributed by atoms with Gasteiger partial charge in [0.25, 0.3) is 0 Å². The lowest BCUT2D eigenvalue weighted by molar-refractivity contribution is -0.131. The number of aliphatic carboxylic acids is 1. The maximum Gasteiger partial charge on any atom is 0.327 e. The first-order valence-electron chi connectivity index (χ1n) is 8.73. The molecule has 0 spiro atoms. The lowest BCUT2D eigenvalue weighted by Gasteiger charge is -2.24. The van der Waals surface area contributed by atoms with Crippen molar-refractivity contribution in [3.8, 4) is 11.5 Å². The van der Waals surface area contributed by atoms with E-state index in [4.69, 9.17) is 19.7 Å². The van der Waals surface area contributed by atoms with Crippen molar-refractivity contribution < 1.29 is 29.6 Å². The number of aliphatic hydroxyl groups is 2. The number of rotatable bonds is 11. The number of allylic oxidation sites excluding steroid dienone is 1. The first-order chi connectivity index (χ1) is 13.1. The fraction of sp³-hybridized carbons (Fsp3) is 0.286. The number of hydrogen-bond donors (Lipinski definition) is 3. The van der Waals surface area contributed by atoms with E-state index in [1.165, 1.54) is 0 Å². The second-order valence-electron chi connectivity index (χ2n) is 5.87. The summed E-state index contributed by atoms with van der Waals surface area (Å²) in [4.78, 5) is 10.6. The second-order valence-corrected chi connectivity index (χ2v) is 5.87. The van der Waals surface area contributed by atoms with E-state index in [1.807, 2.05) is 18.2 Å². The highest BCUT2D eigenvalue weighted by atomic mass is 16.5. The zero-order valence-corrected chi connectivity index (χ0v) is 14.9. The molecule has 2 aromatic rings. The normalized spacial score (nSPS) is 13.3. The molecule has 6 heteroatoms. The molecule has 0 saturated carbocycles. The van der Waals surface area contributed by atoms with Gasteiger partial charge in [0.15, 0.2) is 0 Å². The molecule has 0 aliphatic carbocycles. The Labute approximate surface area is 158 Å². The second kappa shape index (κ2) is 11.0. The van der Waals surface area contributed by atoms with Gasteiger partial charge < -0.3 is 24.8 Å². The molecule has 6 nitrogen and oxygen atoms in total. The lowest BCUT2D eigenvalue weighted by Crippen LogP contribution is -2.25. The van der Waals surface area contributed by atoms with E-state index in [9.17, 15) is 9.90 Å². The van der Waals surface area contributed by atoms with Crippen LogP contribution in [0.25, 0.3) is 0 Å². The molecule has 0 amide bonds. The van der Waals surface area contributed by atoms with Gasteiger partial charge in [0, 0.05) is 6.08 Å². The zero-order chi connectivity index (χ0) is 19.5. The molecule has 0 bridgehead atoms. The number of para-hydroxylation sites is 1. The van der Waals surface area contributed by atoms with Gasteiger partial charge in [-0.1, -0.05) is 36.4 Å². The van der Waals surface area contributed by atoms with Crippen molar-refractivity contribution in [2.75, 3.05) is 13.2 Å². The molecule has 0 saturated heterocycles. The molecular formula is C21H24O6. The van der Waals surface area contributed by atoms with E-state index in [2.05, 4.69) is 0 Å². The molecule has 0 radical (unpaired) electrons. The van der Waals surface area contributed by atoms with E-state index < -0.39 is 18.2 Å². The Morgan fingerprint density at radius 2 is 1.74 bits per heavy atom. The van der Waals surface area contributed by atoms with Gasteiger partial charge in [-0.25, -0.2) is 4.79 Å². The van der Waals surface area contributed by atoms with Gasteiger partial charge in [0.2, 0.25) is 0 Å². The molecule has 0 heterocycles. The van der Waals surface area contributed by atoms with Crippen LogP contribution in [0.15, 0.2) is 66.7 Å². The van der Waals surface area contributed by atoms with Crippen molar-refractivity contribution in [2.45, 2.75) is 25.0 Å². The minimum absolute atomic E-state index is 0.0682. The SMILES string of the molecule is O=C(O)/C=C/CC[C@@H](Oc1ccccc1)[C@H](O)c1ccc(OCCO)cc1.